The SMILES string of the molecule is O=c1cc(CN2CCCC[C@@H]2CCO)c2cc3c(cc2o1)CCC3. The lowest BCUT2D eigenvalue weighted by molar-refractivity contribution is 0.113. The number of benzene rings is 1. The van der Waals surface area contributed by atoms with E-state index in [1.165, 1.54) is 30.4 Å². The molecule has 0 amide bonds. The molecule has 4 rings (SSSR count). The van der Waals surface area contributed by atoms with E-state index >= 15 is 0 Å². The Morgan fingerprint density at radius 3 is 2.79 bits per heavy atom. The molecule has 1 N–H and O–H groups in total. The molecule has 1 aliphatic heterocycles. The molecule has 0 unspecified atom stereocenters. The van der Waals surface area contributed by atoms with E-state index in [2.05, 4.69) is 17.0 Å². The maximum absolute atomic E-state index is 12.0. The van der Waals surface area contributed by atoms with E-state index in [-0.39, 0.29) is 12.2 Å². The van der Waals surface area contributed by atoms with Gasteiger partial charge in [-0.3, -0.25) is 4.90 Å². The Morgan fingerprint density at radius 2 is 1.96 bits per heavy atom. The first kappa shape index (κ1) is 15.9. The summed E-state index contributed by atoms with van der Waals surface area (Å²) >= 11 is 0. The third-order valence-electron chi connectivity index (χ3n) is 5.63. The van der Waals surface area contributed by atoms with Crippen molar-refractivity contribution < 1.29 is 9.52 Å². The Balaban J connectivity index is 1.71. The summed E-state index contributed by atoms with van der Waals surface area (Å²) in [5.74, 6) is 0. The highest BCUT2D eigenvalue weighted by molar-refractivity contribution is 5.82. The van der Waals surface area contributed by atoms with E-state index in [0.717, 1.165) is 55.3 Å². The molecule has 2 aromatic rings. The van der Waals surface area contributed by atoms with Crippen LogP contribution in [0, 0.1) is 0 Å². The maximum atomic E-state index is 12.0. The molecule has 0 saturated carbocycles. The number of likely N-dealkylation sites (tertiary alicyclic amines) is 1. The van der Waals surface area contributed by atoms with Crippen molar-refractivity contribution in [3.63, 3.8) is 0 Å². The van der Waals surface area contributed by atoms with Crippen LogP contribution in [0.1, 0.15) is 48.8 Å². The zero-order valence-electron chi connectivity index (χ0n) is 14.1. The minimum Gasteiger partial charge on any atom is -0.423 e. The second-order valence-electron chi connectivity index (χ2n) is 7.19. The number of hydrogen-bond acceptors (Lipinski definition) is 4. The van der Waals surface area contributed by atoms with Gasteiger partial charge in [0.05, 0.1) is 0 Å². The Morgan fingerprint density at radius 1 is 1.12 bits per heavy atom. The van der Waals surface area contributed by atoms with Gasteiger partial charge in [-0.1, -0.05) is 6.42 Å². The molecule has 4 nitrogen and oxygen atoms in total. The molecular formula is C20H25NO3. The van der Waals surface area contributed by atoms with E-state index < -0.39 is 0 Å². The van der Waals surface area contributed by atoms with E-state index in [0.29, 0.717) is 6.04 Å². The van der Waals surface area contributed by atoms with Crippen molar-refractivity contribution in [2.24, 2.45) is 0 Å². The zero-order chi connectivity index (χ0) is 16.5. The van der Waals surface area contributed by atoms with Crippen LogP contribution in [-0.4, -0.2) is 29.2 Å². The molecule has 0 spiro atoms. The average molecular weight is 327 g/mol. The van der Waals surface area contributed by atoms with Crippen LogP contribution in [0.15, 0.2) is 27.4 Å². The van der Waals surface area contributed by atoms with Crippen LogP contribution in [0.25, 0.3) is 11.0 Å². The highest BCUT2D eigenvalue weighted by Crippen LogP contribution is 2.30. The predicted octanol–water partition coefficient (Wildman–Crippen LogP) is 3.02. The summed E-state index contributed by atoms with van der Waals surface area (Å²) in [7, 11) is 0. The minimum atomic E-state index is -0.258. The molecule has 4 heteroatoms. The highest BCUT2D eigenvalue weighted by atomic mass is 16.4. The fourth-order valence-electron chi connectivity index (χ4n) is 4.39. The number of fused-ring (bicyclic) bond motifs is 2. The molecule has 1 saturated heterocycles. The van der Waals surface area contributed by atoms with Crippen LogP contribution >= 0.6 is 0 Å². The normalized spacial score (nSPS) is 21.3. The Hall–Kier alpha value is -1.65. The first-order valence-corrected chi connectivity index (χ1v) is 9.18. The topological polar surface area (TPSA) is 53.7 Å². The number of hydrogen-bond donors (Lipinski definition) is 1. The monoisotopic (exact) mass is 327 g/mol. The van der Waals surface area contributed by atoms with Crippen molar-refractivity contribution in [1.29, 1.82) is 0 Å². The lowest BCUT2D eigenvalue weighted by Crippen LogP contribution is -2.39. The van der Waals surface area contributed by atoms with E-state index in [9.17, 15) is 9.90 Å². The Kier molecular flexibility index (Phi) is 4.42. The van der Waals surface area contributed by atoms with Gasteiger partial charge >= 0.3 is 5.63 Å². The van der Waals surface area contributed by atoms with Crippen molar-refractivity contribution in [2.45, 2.75) is 57.5 Å². The number of aliphatic hydroxyl groups is 1. The van der Waals surface area contributed by atoms with Crippen molar-refractivity contribution >= 4 is 11.0 Å². The largest absolute Gasteiger partial charge is 0.423 e. The number of nitrogens with zero attached hydrogens (tertiary/aromatic N) is 1. The lowest BCUT2D eigenvalue weighted by atomic mass is 9.97. The third kappa shape index (κ3) is 3.01. The number of piperidine rings is 1. The fourth-order valence-corrected chi connectivity index (χ4v) is 4.39. The van der Waals surface area contributed by atoms with Gasteiger partial charge in [-0.25, -0.2) is 4.79 Å². The van der Waals surface area contributed by atoms with Gasteiger partial charge in [-0.2, -0.15) is 0 Å². The molecule has 1 atom stereocenters. The number of aryl methyl sites for hydroxylation is 2. The van der Waals surface area contributed by atoms with Crippen LogP contribution < -0.4 is 5.63 Å². The van der Waals surface area contributed by atoms with Gasteiger partial charge in [-0.05, 0) is 73.9 Å². The summed E-state index contributed by atoms with van der Waals surface area (Å²) < 4.78 is 5.48. The number of rotatable bonds is 4. The van der Waals surface area contributed by atoms with Gasteiger partial charge in [-0.15, -0.1) is 0 Å². The van der Waals surface area contributed by atoms with Gasteiger partial charge in [0.2, 0.25) is 0 Å². The summed E-state index contributed by atoms with van der Waals surface area (Å²) in [4.78, 5) is 14.5. The second kappa shape index (κ2) is 6.69. The second-order valence-corrected chi connectivity index (χ2v) is 7.19. The van der Waals surface area contributed by atoms with Gasteiger partial charge < -0.3 is 9.52 Å². The third-order valence-corrected chi connectivity index (χ3v) is 5.63. The highest BCUT2D eigenvalue weighted by Gasteiger charge is 2.23. The maximum Gasteiger partial charge on any atom is 0.336 e. The minimum absolute atomic E-state index is 0.229. The quantitative estimate of drug-likeness (QED) is 0.877. The lowest BCUT2D eigenvalue weighted by Gasteiger charge is -2.35. The molecule has 24 heavy (non-hydrogen) atoms. The summed E-state index contributed by atoms with van der Waals surface area (Å²) in [6.45, 7) is 2.04. The van der Waals surface area contributed by atoms with Crippen molar-refractivity contribution in [3.05, 3.63) is 45.3 Å². The van der Waals surface area contributed by atoms with Crippen LogP contribution in [0.5, 0.6) is 0 Å². The van der Waals surface area contributed by atoms with Gasteiger partial charge in [0.1, 0.15) is 5.58 Å². The van der Waals surface area contributed by atoms with E-state index in [1.54, 1.807) is 6.07 Å². The molecule has 0 radical (unpaired) electrons. The van der Waals surface area contributed by atoms with Gasteiger partial charge in [0, 0.05) is 30.6 Å². The van der Waals surface area contributed by atoms with Crippen LogP contribution in [0.3, 0.4) is 0 Å². The fraction of sp³-hybridized carbons (Fsp3) is 0.550. The van der Waals surface area contributed by atoms with Gasteiger partial charge in [0.15, 0.2) is 0 Å². The van der Waals surface area contributed by atoms with E-state index in [4.69, 9.17) is 4.42 Å². The summed E-state index contributed by atoms with van der Waals surface area (Å²) in [5.41, 5.74) is 4.28. The van der Waals surface area contributed by atoms with Crippen LogP contribution in [0.2, 0.25) is 0 Å². The molecule has 128 valence electrons. The molecule has 1 fully saturated rings. The standard InChI is InChI=1S/C20H25NO3/c22-9-7-17-6-1-2-8-21(17)13-16-12-20(23)24-19-11-15-5-3-4-14(15)10-18(16)19/h10-12,17,22H,1-9,13H2/t17-/m1/s1. The molecule has 2 aliphatic rings. The van der Waals surface area contributed by atoms with Crippen LogP contribution in [0.4, 0.5) is 0 Å². The molecule has 0 bridgehead atoms. The molecule has 1 aromatic carbocycles. The molecule has 2 heterocycles. The van der Waals surface area contributed by atoms with E-state index in [1.807, 2.05) is 0 Å². The molecule has 1 aliphatic carbocycles. The zero-order valence-corrected chi connectivity index (χ0v) is 14.1. The Bertz CT molecular complexity index is 793. The average Bonchev–Trinajstić information content (AvgIpc) is 3.02. The summed E-state index contributed by atoms with van der Waals surface area (Å²) in [5, 5.41) is 10.4. The molecular weight excluding hydrogens is 302 g/mol. The predicted molar refractivity (Wildman–Crippen MR) is 94.3 cm³/mol. The Labute approximate surface area is 142 Å². The van der Waals surface area contributed by atoms with Gasteiger partial charge in [0.25, 0.3) is 0 Å². The first-order valence-electron chi connectivity index (χ1n) is 9.18. The van der Waals surface area contributed by atoms with Crippen molar-refractivity contribution in [2.75, 3.05) is 13.2 Å². The van der Waals surface area contributed by atoms with Crippen LogP contribution in [-0.2, 0) is 19.4 Å². The smallest absolute Gasteiger partial charge is 0.336 e. The summed E-state index contributed by atoms with van der Waals surface area (Å²) in [6, 6.07) is 6.39. The van der Waals surface area contributed by atoms with Crippen molar-refractivity contribution in [1.82, 2.24) is 4.90 Å². The first-order chi connectivity index (χ1) is 11.7. The molecule has 1 aromatic heterocycles. The summed E-state index contributed by atoms with van der Waals surface area (Å²) in [6.07, 6.45) is 7.77. The van der Waals surface area contributed by atoms with Crippen molar-refractivity contribution in [3.8, 4) is 0 Å². The number of aliphatic hydroxyl groups excluding tert-OH is 1.